The van der Waals surface area contributed by atoms with E-state index in [0.717, 1.165) is 11.6 Å². The van der Waals surface area contributed by atoms with Crippen LogP contribution in [0.1, 0.15) is 35.2 Å². The number of benzene rings is 1. The first-order valence-electron chi connectivity index (χ1n) is 12.8. The summed E-state index contributed by atoms with van der Waals surface area (Å²) in [6.07, 6.45) is 3.57. The Morgan fingerprint density at radius 1 is 1.15 bits per heavy atom. The second-order valence-electron chi connectivity index (χ2n) is 9.94. The van der Waals surface area contributed by atoms with Gasteiger partial charge >= 0.3 is 0 Å². The Kier molecular flexibility index (Phi) is 8.75. The normalized spacial score (nSPS) is 22.9. The minimum absolute atomic E-state index is 0.00942. The number of carbonyl (C=O) groups excluding carboxylic acids is 4. The number of hydrogen-bond donors (Lipinski definition) is 2. The molecule has 4 amide bonds. The van der Waals surface area contributed by atoms with Crippen molar-refractivity contribution in [2.24, 2.45) is 5.73 Å². The lowest BCUT2D eigenvalue weighted by Gasteiger charge is -2.28. The second kappa shape index (κ2) is 12.2. The van der Waals surface area contributed by atoms with Crippen molar-refractivity contribution in [3.8, 4) is 5.75 Å². The van der Waals surface area contributed by atoms with Gasteiger partial charge in [0.25, 0.3) is 5.91 Å². The lowest BCUT2D eigenvalue weighted by Crippen LogP contribution is -2.48. The highest BCUT2D eigenvalue weighted by atomic mass is 19.1. The van der Waals surface area contributed by atoms with Crippen molar-refractivity contribution >= 4 is 23.6 Å². The molecule has 0 spiro atoms. The molecule has 12 heteroatoms. The van der Waals surface area contributed by atoms with Crippen molar-refractivity contribution in [2.45, 2.75) is 43.9 Å². The smallest absolute Gasteiger partial charge is 0.258 e. The monoisotopic (exact) mass is 540 g/mol. The van der Waals surface area contributed by atoms with Gasteiger partial charge in [-0.1, -0.05) is 0 Å². The van der Waals surface area contributed by atoms with Gasteiger partial charge in [0.05, 0.1) is 18.2 Å². The Bertz CT molecular complexity index is 1230. The van der Waals surface area contributed by atoms with Crippen molar-refractivity contribution in [3.63, 3.8) is 0 Å². The number of fused-ring (bicyclic) bond motifs is 2. The Morgan fingerprint density at radius 3 is 2.64 bits per heavy atom. The van der Waals surface area contributed by atoms with Gasteiger partial charge in [-0.2, -0.15) is 0 Å². The first-order valence-corrected chi connectivity index (χ1v) is 12.8. The number of amides is 4. The second-order valence-corrected chi connectivity index (χ2v) is 9.94. The van der Waals surface area contributed by atoms with Gasteiger partial charge in [0.2, 0.25) is 17.7 Å². The molecule has 2 aromatic rings. The van der Waals surface area contributed by atoms with E-state index in [9.17, 15) is 23.6 Å². The number of rotatable bonds is 3. The molecule has 1 saturated heterocycles. The van der Waals surface area contributed by atoms with Crippen molar-refractivity contribution < 1.29 is 28.3 Å². The molecular weight excluding hydrogens is 507 g/mol. The highest BCUT2D eigenvalue weighted by molar-refractivity contribution is 5.99. The fourth-order valence-corrected chi connectivity index (χ4v) is 4.87. The summed E-state index contributed by atoms with van der Waals surface area (Å²) in [6, 6.07) is 5.40. The number of pyridine rings is 1. The van der Waals surface area contributed by atoms with Gasteiger partial charge in [0.1, 0.15) is 24.2 Å². The molecular formula is C27H33FN6O5. The van der Waals surface area contributed by atoms with Gasteiger partial charge in [0.15, 0.2) is 0 Å². The molecule has 0 unspecified atom stereocenters. The number of halogens is 1. The number of aromatic nitrogens is 1. The first-order chi connectivity index (χ1) is 18.6. The SMILES string of the molecule is CN1CC(=O)N2C[C@H](N)C[C@H]2COc2ccc(F)cc2C(=O)N(C)[C@H](C(=O)NCc2ccncc2)CCC1=O. The number of carbonyl (C=O) groups is 4. The lowest BCUT2D eigenvalue weighted by atomic mass is 10.1. The summed E-state index contributed by atoms with van der Waals surface area (Å²) in [7, 11) is 2.95. The van der Waals surface area contributed by atoms with Crippen LogP contribution in [0.2, 0.25) is 0 Å². The Labute approximate surface area is 226 Å². The maximum Gasteiger partial charge on any atom is 0.258 e. The maximum atomic E-state index is 14.3. The van der Waals surface area contributed by atoms with Gasteiger partial charge in [-0.15, -0.1) is 0 Å². The molecule has 0 saturated carbocycles. The Balaban J connectivity index is 1.64. The quantitative estimate of drug-likeness (QED) is 0.580. The zero-order valence-corrected chi connectivity index (χ0v) is 22.0. The van der Waals surface area contributed by atoms with Crippen molar-refractivity contribution in [1.82, 2.24) is 25.0 Å². The van der Waals surface area contributed by atoms with E-state index in [1.807, 2.05) is 0 Å². The highest BCUT2D eigenvalue weighted by Gasteiger charge is 2.36. The van der Waals surface area contributed by atoms with Crippen LogP contribution in [0.5, 0.6) is 5.75 Å². The number of ether oxygens (including phenoxy) is 1. The van der Waals surface area contributed by atoms with E-state index in [1.54, 1.807) is 29.4 Å². The zero-order valence-electron chi connectivity index (χ0n) is 22.0. The molecule has 0 aliphatic carbocycles. The van der Waals surface area contributed by atoms with Gasteiger partial charge in [0, 0.05) is 52.0 Å². The Hall–Kier alpha value is -4.06. The van der Waals surface area contributed by atoms with Crippen LogP contribution in [-0.2, 0) is 20.9 Å². The minimum Gasteiger partial charge on any atom is -0.491 e. The Morgan fingerprint density at radius 2 is 1.90 bits per heavy atom. The predicted molar refractivity (Wildman–Crippen MR) is 139 cm³/mol. The largest absolute Gasteiger partial charge is 0.491 e. The molecule has 39 heavy (non-hydrogen) atoms. The number of hydrogen-bond acceptors (Lipinski definition) is 7. The van der Waals surface area contributed by atoms with Crippen LogP contribution in [0.4, 0.5) is 4.39 Å². The molecule has 3 N–H and O–H groups in total. The predicted octanol–water partition coefficient (Wildman–Crippen LogP) is 0.537. The molecule has 1 aromatic carbocycles. The third-order valence-electron chi connectivity index (χ3n) is 7.11. The summed E-state index contributed by atoms with van der Waals surface area (Å²) in [5.74, 6) is -2.27. The average molecular weight is 541 g/mol. The summed E-state index contributed by atoms with van der Waals surface area (Å²) in [4.78, 5) is 60.9. The van der Waals surface area contributed by atoms with Crippen molar-refractivity contribution in [3.05, 3.63) is 59.7 Å². The van der Waals surface area contributed by atoms with E-state index in [1.165, 1.54) is 36.0 Å². The van der Waals surface area contributed by atoms with Crippen LogP contribution in [-0.4, -0.2) is 95.2 Å². The molecule has 3 heterocycles. The molecule has 11 nitrogen and oxygen atoms in total. The van der Waals surface area contributed by atoms with Crippen LogP contribution >= 0.6 is 0 Å². The van der Waals surface area contributed by atoms with Gasteiger partial charge in [-0.3, -0.25) is 24.2 Å². The van der Waals surface area contributed by atoms with Crippen LogP contribution in [0.15, 0.2) is 42.7 Å². The van der Waals surface area contributed by atoms with Crippen LogP contribution in [0, 0.1) is 5.82 Å². The highest BCUT2D eigenvalue weighted by Crippen LogP contribution is 2.26. The summed E-state index contributed by atoms with van der Waals surface area (Å²) in [5, 5.41) is 2.80. The topological polar surface area (TPSA) is 138 Å². The number of nitrogens with two attached hydrogens (primary N) is 1. The molecule has 2 aliphatic heterocycles. The third kappa shape index (κ3) is 6.69. The molecule has 0 radical (unpaired) electrons. The standard InChI is InChI=1S/C27H33FN6O5/c1-32-15-25(36)34-14-19(29)12-20(34)16-39-23-5-3-18(28)11-21(23)27(38)33(2)22(4-6-24(32)35)26(37)31-13-17-7-9-30-10-8-17/h3,5,7-11,19-20,22H,4,6,12-16,29H2,1-2H3,(H,31,37)/t19-,20+,22+/m1/s1. The average Bonchev–Trinajstić information content (AvgIpc) is 3.31. The number of nitrogens with zero attached hydrogens (tertiary/aromatic N) is 4. The zero-order chi connectivity index (χ0) is 28.1. The number of likely N-dealkylation sites (N-methyl/N-ethyl adjacent to an activating group) is 2. The summed E-state index contributed by atoms with van der Waals surface area (Å²) < 4.78 is 20.2. The van der Waals surface area contributed by atoms with Crippen LogP contribution < -0.4 is 15.8 Å². The van der Waals surface area contributed by atoms with Crippen LogP contribution in [0.25, 0.3) is 0 Å². The van der Waals surface area contributed by atoms with Crippen molar-refractivity contribution in [2.75, 3.05) is 33.8 Å². The molecule has 1 fully saturated rings. The molecule has 1 aromatic heterocycles. The van der Waals surface area contributed by atoms with E-state index < -0.39 is 23.7 Å². The van der Waals surface area contributed by atoms with Gasteiger partial charge in [-0.05, 0) is 48.7 Å². The van der Waals surface area contributed by atoms with Gasteiger partial charge in [-0.25, -0.2) is 4.39 Å². The number of nitrogens with one attached hydrogen (secondary N) is 1. The molecule has 0 bridgehead atoms. The molecule has 2 aliphatic rings. The van der Waals surface area contributed by atoms with E-state index in [4.69, 9.17) is 10.5 Å². The minimum atomic E-state index is -1.05. The fourth-order valence-electron chi connectivity index (χ4n) is 4.87. The third-order valence-corrected chi connectivity index (χ3v) is 7.11. The lowest BCUT2D eigenvalue weighted by molar-refractivity contribution is -0.140. The fraction of sp³-hybridized carbons (Fsp3) is 0.444. The van der Waals surface area contributed by atoms with E-state index >= 15 is 0 Å². The van der Waals surface area contributed by atoms with Crippen LogP contribution in [0.3, 0.4) is 0 Å². The molecule has 3 atom stereocenters. The summed E-state index contributed by atoms with van der Waals surface area (Å²) >= 11 is 0. The summed E-state index contributed by atoms with van der Waals surface area (Å²) in [5.41, 5.74) is 6.85. The van der Waals surface area contributed by atoms with E-state index in [-0.39, 0.29) is 67.7 Å². The first kappa shape index (κ1) is 28.0. The van der Waals surface area contributed by atoms with E-state index in [2.05, 4.69) is 10.3 Å². The maximum absolute atomic E-state index is 14.3. The van der Waals surface area contributed by atoms with E-state index in [0.29, 0.717) is 13.0 Å². The van der Waals surface area contributed by atoms with Crippen molar-refractivity contribution in [1.29, 1.82) is 0 Å². The van der Waals surface area contributed by atoms with Gasteiger partial charge < -0.3 is 30.5 Å². The molecule has 208 valence electrons. The summed E-state index contributed by atoms with van der Waals surface area (Å²) in [6.45, 7) is 0.378. The molecule has 4 rings (SSSR count).